The Hall–Kier alpha value is -1.73. The molecule has 7 nitrogen and oxygen atoms in total. The quantitative estimate of drug-likeness (QED) is 0.647. The van der Waals surface area contributed by atoms with E-state index in [2.05, 4.69) is 10.3 Å². The first kappa shape index (κ1) is 12.7. The predicted octanol–water partition coefficient (Wildman–Crippen LogP) is 1.55. The van der Waals surface area contributed by atoms with Gasteiger partial charge in [0.05, 0.1) is 12.3 Å². The average molecular weight is 253 g/mol. The first-order valence-electron chi connectivity index (χ1n) is 5.62. The smallest absolute Gasteiger partial charge is 0.363 e. The molecule has 7 heteroatoms. The third-order valence-corrected chi connectivity index (χ3v) is 2.54. The molecule has 0 spiro atoms. The van der Waals surface area contributed by atoms with Crippen LogP contribution in [-0.2, 0) is 9.47 Å². The number of ether oxygens (including phenoxy) is 2. The van der Waals surface area contributed by atoms with Gasteiger partial charge >= 0.3 is 5.82 Å². The molecule has 0 saturated carbocycles. The zero-order valence-corrected chi connectivity index (χ0v) is 10.3. The Morgan fingerprint density at radius 3 is 2.89 bits per heavy atom. The summed E-state index contributed by atoms with van der Waals surface area (Å²) in [5.74, 6) is -0.706. The van der Waals surface area contributed by atoms with Crippen LogP contribution < -0.4 is 5.32 Å². The van der Waals surface area contributed by atoms with E-state index in [0.29, 0.717) is 18.8 Å². The number of nitro groups is 1. The second-order valence-corrected chi connectivity index (χ2v) is 4.49. The van der Waals surface area contributed by atoms with Crippen LogP contribution in [0.3, 0.4) is 0 Å². The minimum absolute atomic E-state index is 0.0322. The molecule has 2 rings (SSSR count). The van der Waals surface area contributed by atoms with E-state index < -0.39 is 10.7 Å². The van der Waals surface area contributed by atoms with Gasteiger partial charge in [-0.15, -0.1) is 0 Å². The summed E-state index contributed by atoms with van der Waals surface area (Å²) in [5.41, 5.74) is 0.717. The average Bonchev–Trinajstić information content (AvgIpc) is 2.67. The molecule has 0 radical (unpaired) electrons. The standard InChI is InChI=1S/C11H15N3O4/c1-11(2)17-7-9(18-11)6-12-8-3-4-10(13-5-8)14(15)16/h3-5,9,12H,6-7H2,1-2H3. The number of hydrogen-bond acceptors (Lipinski definition) is 6. The summed E-state index contributed by atoms with van der Waals surface area (Å²) in [6.07, 6.45) is 1.40. The number of rotatable bonds is 4. The lowest BCUT2D eigenvalue weighted by Gasteiger charge is -2.17. The Labute approximate surface area is 104 Å². The predicted molar refractivity (Wildman–Crippen MR) is 64.3 cm³/mol. The van der Waals surface area contributed by atoms with Crippen molar-refractivity contribution in [3.63, 3.8) is 0 Å². The molecule has 1 atom stereocenters. The van der Waals surface area contributed by atoms with Crippen LogP contribution in [0.2, 0.25) is 0 Å². The zero-order valence-electron chi connectivity index (χ0n) is 10.3. The molecule has 2 heterocycles. The highest BCUT2D eigenvalue weighted by molar-refractivity contribution is 5.43. The molecular formula is C11H15N3O4. The molecule has 1 fully saturated rings. The number of hydrogen-bond donors (Lipinski definition) is 1. The van der Waals surface area contributed by atoms with Crippen molar-refractivity contribution in [2.24, 2.45) is 0 Å². The van der Waals surface area contributed by atoms with E-state index in [-0.39, 0.29) is 11.9 Å². The van der Waals surface area contributed by atoms with Gasteiger partial charge in [-0.05, 0) is 29.8 Å². The van der Waals surface area contributed by atoms with E-state index in [1.54, 1.807) is 6.07 Å². The third kappa shape index (κ3) is 3.14. The topological polar surface area (TPSA) is 86.5 Å². The van der Waals surface area contributed by atoms with Gasteiger partial charge in [-0.1, -0.05) is 0 Å². The SMILES string of the molecule is CC1(C)OCC(CNc2ccc([N+](=O)[O-])nc2)O1. The fourth-order valence-corrected chi connectivity index (χ4v) is 1.69. The van der Waals surface area contributed by atoms with Crippen molar-refractivity contribution < 1.29 is 14.4 Å². The van der Waals surface area contributed by atoms with E-state index in [0.717, 1.165) is 0 Å². The van der Waals surface area contributed by atoms with Gasteiger partial charge in [0.2, 0.25) is 0 Å². The zero-order chi connectivity index (χ0) is 13.2. The van der Waals surface area contributed by atoms with Crippen LogP contribution in [0.15, 0.2) is 18.3 Å². The summed E-state index contributed by atoms with van der Waals surface area (Å²) in [6.45, 7) is 4.82. The summed E-state index contributed by atoms with van der Waals surface area (Å²) >= 11 is 0. The highest BCUT2D eigenvalue weighted by Gasteiger charge is 2.32. The summed E-state index contributed by atoms with van der Waals surface area (Å²) in [5, 5.41) is 13.5. The molecule has 1 N–H and O–H groups in total. The van der Waals surface area contributed by atoms with E-state index in [4.69, 9.17) is 9.47 Å². The van der Waals surface area contributed by atoms with Crippen molar-refractivity contribution in [1.82, 2.24) is 4.98 Å². The van der Waals surface area contributed by atoms with Crippen LogP contribution >= 0.6 is 0 Å². The fourth-order valence-electron chi connectivity index (χ4n) is 1.69. The van der Waals surface area contributed by atoms with Crippen LogP contribution in [0, 0.1) is 10.1 Å². The van der Waals surface area contributed by atoms with Crippen LogP contribution in [0.1, 0.15) is 13.8 Å². The van der Waals surface area contributed by atoms with E-state index in [9.17, 15) is 10.1 Å². The van der Waals surface area contributed by atoms with Gasteiger partial charge in [0, 0.05) is 12.6 Å². The molecule has 0 bridgehead atoms. The Kier molecular flexibility index (Phi) is 3.44. The van der Waals surface area contributed by atoms with Gasteiger partial charge in [-0.25, -0.2) is 0 Å². The number of aromatic nitrogens is 1. The van der Waals surface area contributed by atoms with E-state index >= 15 is 0 Å². The normalized spacial score (nSPS) is 21.8. The van der Waals surface area contributed by atoms with Crippen LogP contribution in [0.5, 0.6) is 0 Å². The summed E-state index contributed by atoms with van der Waals surface area (Å²) < 4.78 is 11.0. The van der Waals surface area contributed by atoms with Crippen molar-refractivity contribution in [2.75, 3.05) is 18.5 Å². The largest absolute Gasteiger partial charge is 0.379 e. The summed E-state index contributed by atoms with van der Waals surface area (Å²) in [6, 6.07) is 2.98. The van der Waals surface area contributed by atoms with Crippen molar-refractivity contribution in [2.45, 2.75) is 25.7 Å². The Morgan fingerprint density at radius 2 is 2.39 bits per heavy atom. The molecule has 18 heavy (non-hydrogen) atoms. The fraction of sp³-hybridized carbons (Fsp3) is 0.545. The van der Waals surface area contributed by atoms with Crippen molar-refractivity contribution in [3.05, 3.63) is 28.4 Å². The van der Waals surface area contributed by atoms with Gasteiger partial charge in [0.15, 0.2) is 12.0 Å². The van der Waals surface area contributed by atoms with Crippen LogP contribution in [0.4, 0.5) is 11.5 Å². The highest BCUT2D eigenvalue weighted by Crippen LogP contribution is 2.22. The first-order chi connectivity index (χ1) is 8.46. The number of pyridine rings is 1. The Bertz CT molecular complexity index is 432. The molecule has 1 unspecified atom stereocenters. The van der Waals surface area contributed by atoms with Gasteiger partial charge in [-0.3, -0.25) is 0 Å². The van der Waals surface area contributed by atoms with Gasteiger partial charge in [0.25, 0.3) is 0 Å². The molecule has 0 aliphatic carbocycles. The maximum absolute atomic E-state index is 10.4. The van der Waals surface area contributed by atoms with Crippen molar-refractivity contribution in [1.29, 1.82) is 0 Å². The first-order valence-corrected chi connectivity index (χ1v) is 5.62. The monoisotopic (exact) mass is 253 g/mol. The highest BCUT2D eigenvalue weighted by atomic mass is 16.7. The maximum Gasteiger partial charge on any atom is 0.363 e. The molecule has 1 aromatic heterocycles. The van der Waals surface area contributed by atoms with Crippen LogP contribution in [0.25, 0.3) is 0 Å². The number of nitrogens with one attached hydrogen (secondary N) is 1. The lowest BCUT2D eigenvalue weighted by molar-refractivity contribution is -0.389. The molecule has 0 amide bonds. The maximum atomic E-state index is 10.4. The number of nitrogens with zero attached hydrogens (tertiary/aromatic N) is 2. The van der Waals surface area contributed by atoms with Crippen molar-refractivity contribution in [3.8, 4) is 0 Å². The Morgan fingerprint density at radius 1 is 1.61 bits per heavy atom. The molecule has 1 aliphatic rings. The second-order valence-electron chi connectivity index (χ2n) is 4.49. The summed E-state index contributed by atoms with van der Waals surface area (Å²) in [4.78, 5) is 13.6. The Balaban J connectivity index is 1.85. The molecule has 98 valence electrons. The molecule has 1 aromatic rings. The van der Waals surface area contributed by atoms with Gasteiger partial charge < -0.3 is 24.9 Å². The van der Waals surface area contributed by atoms with Gasteiger partial charge in [-0.2, -0.15) is 0 Å². The van der Waals surface area contributed by atoms with E-state index in [1.165, 1.54) is 12.3 Å². The lowest BCUT2D eigenvalue weighted by atomic mass is 10.3. The summed E-state index contributed by atoms with van der Waals surface area (Å²) in [7, 11) is 0. The molecular weight excluding hydrogens is 238 g/mol. The molecule has 0 aromatic carbocycles. The van der Waals surface area contributed by atoms with Crippen LogP contribution in [-0.4, -0.2) is 35.0 Å². The van der Waals surface area contributed by atoms with E-state index in [1.807, 2.05) is 13.8 Å². The molecule has 1 aliphatic heterocycles. The third-order valence-electron chi connectivity index (χ3n) is 2.54. The lowest BCUT2D eigenvalue weighted by Crippen LogP contribution is -2.26. The van der Waals surface area contributed by atoms with Gasteiger partial charge in [0.1, 0.15) is 6.10 Å². The second kappa shape index (κ2) is 4.87. The number of anilines is 1. The van der Waals surface area contributed by atoms with Crippen molar-refractivity contribution >= 4 is 11.5 Å². The minimum Gasteiger partial charge on any atom is -0.379 e. The molecule has 1 saturated heterocycles. The minimum atomic E-state index is -0.542.